The van der Waals surface area contributed by atoms with Crippen molar-refractivity contribution in [3.63, 3.8) is 0 Å². The van der Waals surface area contributed by atoms with Gasteiger partial charge in [0.15, 0.2) is 5.16 Å². The van der Waals surface area contributed by atoms with Crippen LogP contribution in [-0.4, -0.2) is 21.5 Å². The Morgan fingerprint density at radius 2 is 1.93 bits per heavy atom. The normalized spacial score (nSPS) is 21.0. The number of ketones is 1. The first-order chi connectivity index (χ1) is 13.5. The minimum absolute atomic E-state index is 0.163. The summed E-state index contributed by atoms with van der Waals surface area (Å²) >= 11 is 1.50. The number of hydrogen-bond acceptors (Lipinski definition) is 5. The second kappa shape index (κ2) is 7.59. The maximum Gasteiger partial charge on any atom is 0.257 e. The maximum absolute atomic E-state index is 13.0. The summed E-state index contributed by atoms with van der Waals surface area (Å²) in [5.41, 5.74) is 3.51. The molecule has 5 nitrogen and oxygen atoms in total. The van der Waals surface area contributed by atoms with Gasteiger partial charge in [0.2, 0.25) is 0 Å². The fourth-order valence-electron chi connectivity index (χ4n) is 4.12. The number of carbonyl (C=O) groups excluding carboxylic acids is 1. The SMILES string of the molecule is CCSc1nc2c(c(=O)[nH]1)[C@H](c1ccc(C(C)C)cc1)[C@H]1C(=O)CCC=C1N2. The van der Waals surface area contributed by atoms with Gasteiger partial charge in [-0.05, 0) is 29.2 Å². The molecular weight excluding hydrogens is 370 g/mol. The summed E-state index contributed by atoms with van der Waals surface area (Å²) in [5.74, 6) is 1.35. The standard InChI is InChI=1S/C22H25N3O2S/c1-4-28-22-24-20-19(21(27)25-22)17(14-10-8-13(9-11-14)12(2)3)18-15(23-20)6-5-7-16(18)26/h6,8-12,17-18H,4-5,7H2,1-3H3,(H2,23,24,25,27)/t17-,18-/m1/s1. The van der Waals surface area contributed by atoms with E-state index in [0.717, 1.165) is 23.4 Å². The third kappa shape index (κ3) is 3.30. The van der Waals surface area contributed by atoms with E-state index in [2.05, 4.69) is 59.5 Å². The molecule has 2 N–H and O–H groups in total. The Kier molecular flexibility index (Phi) is 5.15. The zero-order chi connectivity index (χ0) is 19.8. The Morgan fingerprint density at radius 1 is 1.18 bits per heavy atom. The molecule has 2 aliphatic rings. The van der Waals surface area contributed by atoms with E-state index in [0.29, 0.717) is 28.9 Å². The van der Waals surface area contributed by atoms with Gasteiger partial charge in [-0.15, -0.1) is 0 Å². The smallest absolute Gasteiger partial charge is 0.257 e. The Balaban J connectivity index is 1.89. The van der Waals surface area contributed by atoms with Crippen molar-refractivity contribution < 1.29 is 4.79 Å². The van der Waals surface area contributed by atoms with Crippen LogP contribution in [0.3, 0.4) is 0 Å². The maximum atomic E-state index is 13.0. The fraction of sp³-hybridized carbons (Fsp3) is 0.409. The van der Waals surface area contributed by atoms with Crippen LogP contribution in [0, 0.1) is 5.92 Å². The minimum Gasteiger partial charge on any atom is -0.343 e. The first-order valence-corrected chi connectivity index (χ1v) is 10.8. The van der Waals surface area contributed by atoms with Gasteiger partial charge in [0, 0.05) is 18.0 Å². The molecule has 1 aliphatic carbocycles. The molecular formula is C22H25N3O2S. The average Bonchev–Trinajstić information content (AvgIpc) is 2.67. The molecule has 0 saturated carbocycles. The van der Waals surface area contributed by atoms with E-state index in [9.17, 15) is 9.59 Å². The van der Waals surface area contributed by atoms with Gasteiger partial charge in [0.25, 0.3) is 5.56 Å². The molecule has 2 heterocycles. The van der Waals surface area contributed by atoms with E-state index in [-0.39, 0.29) is 23.2 Å². The van der Waals surface area contributed by atoms with Crippen LogP contribution >= 0.6 is 11.8 Å². The third-order valence-corrected chi connectivity index (χ3v) is 6.28. The van der Waals surface area contributed by atoms with Crippen molar-refractivity contribution in [1.29, 1.82) is 0 Å². The van der Waals surface area contributed by atoms with Crippen LogP contribution in [0.4, 0.5) is 5.82 Å². The molecule has 0 radical (unpaired) electrons. The molecule has 6 heteroatoms. The van der Waals surface area contributed by atoms with E-state index in [1.54, 1.807) is 0 Å². The van der Waals surface area contributed by atoms with Crippen molar-refractivity contribution in [2.24, 2.45) is 5.92 Å². The molecule has 28 heavy (non-hydrogen) atoms. The molecule has 2 atom stereocenters. The number of H-pyrrole nitrogens is 1. The molecule has 4 rings (SSSR count). The van der Waals surface area contributed by atoms with Crippen molar-refractivity contribution in [2.75, 3.05) is 11.1 Å². The topological polar surface area (TPSA) is 74.8 Å². The Morgan fingerprint density at radius 3 is 2.61 bits per heavy atom. The predicted octanol–water partition coefficient (Wildman–Crippen LogP) is 4.43. The number of allylic oxidation sites excluding steroid dienone is 2. The number of rotatable bonds is 4. The minimum atomic E-state index is -0.348. The lowest BCUT2D eigenvalue weighted by Crippen LogP contribution is -2.38. The van der Waals surface area contributed by atoms with Crippen LogP contribution < -0.4 is 10.9 Å². The van der Waals surface area contributed by atoms with Crippen molar-refractivity contribution >= 4 is 23.4 Å². The lowest BCUT2D eigenvalue weighted by Gasteiger charge is -2.36. The number of nitrogens with one attached hydrogen (secondary N) is 2. The molecule has 0 amide bonds. The number of aromatic amines is 1. The summed E-state index contributed by atoms with van der Waals surface area (Å²) in [5, 5.41) is 3.90. The summed E-state index contributed by atoms with van der Waals surface area (Å²) in [6.07, 6.45) is 3.33. The number of nitrogens with zero attached hydrogens (tertiary/aromatic N) is 1. The van der Waals surface area contributed by atoms with Gasteiger partial charge >= 0.3 is 0 Å². The van der Waals surface area contributed by atoms with Crippen LogP contribution in [0.1, 0.15) is 62.1 Å². The number of Topliss-reactive ketones (excluding diaryl/α,β-unsaturated/α-hetero) is 1. The lowest BCUT2D eigenvalue weighted by molar-refractivity contribution is -0.122. The zero-order valence-electron chi connectivity index (χ0n) is 16.4. The molecule has 0 spiro atoms. The highest BCUT2D eigenvalue weighted by Gasteiger charge is 2.42. The number of hydrogen-bond donors (Lipinski definition) is 2. The van der Waals surface area contributed by atoms with E-state index < -0.39 is 0 Å². The molecule has 0 fully saturated rings. The summed E-state index contributed by atoms with van der Waals surface area (Å²) in [7, 11) is 0. The van der Waals surface area contributed by atoms with Crippen LogP contribution in [0.5, 0.6) is 0 Å². The first-order valence-electron chi connectivity index (χ1n) is 9.86. The van der Waals surface area contributed by atoms with Gasteiger partial charge in [-0.1, -0.05) is 62.9 Å². The molecule has 0 saturated heterocycles. The third-order valence-electron chi connectivity index (χ3n) is 5.52. The Labute approximate surface area is 169 Å². The monoisotopic (exact) mass is 395 g/mol. The second-order valence-electron chi connectivity index (χ2n) is 7.63. The van der Waals surface area contributed by atoms with Crippen LogP contribution in [-0.2, 0) is 4.79 Å². The van der Waals surface area contributed by atoms with E-state index in [1.807, 2.05) is 6.92 Å². The highest BCUT2D eigenvalue weighted by atomic mass is 32.2. The Hall–Kier alpha value is -2.34. The predicted molar refractivity (Wildman–Crippen MR) is 113 cm³/mol. The number of thioether (sulfide) groups is 1. The van der Waals surface area contributed by atoms with E-state index in [4.69, 9.17) is 0 Å². The van der Waals surface area contributed by atoms with Crippen LogP contribution in [0.2, 0.25) is 0 Å². The van der Waals surface area contributed by atoms with Crippen molar-refractivity contribution in [3.8, 4) is 0 Å². The quantitative estimate of drug-likeness (QED) is 0.592. The average molecular weight is 396 g/mol. The van der Waals surface area contributed by atoms with Crippen LogP contribution in [0.25, 0.3) is 0 Å². The van der Waals surface area contributed by atoms with Crippen LogP contribution in [0.15, 0.2) is 46.0 Å². The number of fused-ring (bicyclic) bond motifs is 2. The van der Waals surface area contributed by atoms with Crippen molar-refractivity contribution in [1.82, 2.24) is 9.97 Å². The van der Waals surface area contributed by atoms with Crippen molar-refractivity contribution in [2.45, 2.75) is 50.6 Å². The number of aromatic nitrogens is 2. The number of carbonyl (C=O) groups is 1. The first kappa shape index (κ1) is 19.0. The summed E-state index contributed by atoms with van der Waals surface area (Å²) < 4.78 is 0. The molecule has 2 aromatic rings. The van der Waals surface area contributed by atoms with Gasteiger partial charge in [-0.25, -0.2) is 4.98 Å². The van der Waals surface area contributed by atoms with E-state index >= 15 is 0 Å². The number of anilines is 1. The summed E-state index contributed by atoms with van der Waals surface area (Å²) in [6, 6.07) is 8.31. The fourth-order valence-corrected chi connectivity index (χ4v) is 4.72. The molecule has 1 aromatic carbocycles. The highest BCUT2D eigenvalue weighted by Crippen LogP contribution is 2.45. The molecule has 1 aliphatic heterocycles. The molecule has 1 aromatic heterocycles. The van der Waals surface area contributed by atoms with E-state index in [1.165, 1.54) is 17.3 Å². The summed E-state index contributed by atoms with van der Waals surface area (Å²) in [4.78, 5) is 33.4. The lowest BCUT2D eigenvalue weighted by atomic mass is 9.72. The second-order valence-corrected chi connectivity index (χ2v) is 8.89. The molecule has 146 valence electrons. The van der Waals surface area contributed by atoms with Gasteiger partial charge in [0.1, 0.15) is 11.6 Å². The van der Waals surface area contributed by atoms with Gasteiger partial charge in [-0.2, -0.15) is 0 Å². The Bertz CT molecular complexity index is 992. The highest BCUT2D eigenvalue weighted by molar-refractivity contribution is 7.99. The van der Waals surface area contributed by atoms with Gasteiger partial charge in [-0.3, -0.25) is 9.59 Å². The molecule has 0 bridgehead atoms. The van der Waals surface area contributed by atoms with Crippen molar-refractivity contribution in [3.05, 3.63) is 63.1 Å². The largest absolute Gasteiger partial charge is 0.343 e. The van der Waals surface area contributed by atoms with Gasteiger partial charge in [0.05, 0.1) is 11.5 Å². The summed E-state index contributed by atoms with van der Waals surface area (Å²) in [6.45, 7) is 6.33. The molecule has 0 unspecified atom stereocenters. The van der Waals surface area contributed by atoms with Gasteiger partial charge < -0.3 is 10.3 Å². The number of benzene rings is 1. The zero-order valence-corrected chi connectivity index (χ0v) is 17.2.